The zero-order valence-electron chi connectivity index (χ0n) is 10.8. The fourth-order valence-corrected chi connectivity index (χ4v) is 1.70. The molecule has 0 saturated carbocycles. The van der Waals surface area contributed by atoms with Gasteiger partial charge in [-0.15, -0.1) is 24.8 Å². The first-order chi connectivity index (χ1) is 8.17. The van der Waals surface area contributed by atoms with Crippen LogP contribution in [0, 0.1) is 0 Å². The van der Waals surface area contributed by atoms with E-state index in [1.807, 2.05) is 0 Å². The molecule has 0 fully saturated rings. The second-order valence-corrected chi connectivity index (χ2v) is 4.83. The number of amides is 1. The third-order valence-electron chi connectivity index (χ3n) is 2.49. The van der Waals surface area contributed by atoms with E-state index in [4.69, 9.17) is 5.73 Å². The second kappa shape index (κ2) is 11.5. The molecule has 1 heterocycles. The lowest BCUT2D eigenvalue weighted by molar-refractivity contribution is 0.0930. The number of hydrogen-bond donors (Lipinski definition) is 2. The summed E-state index contributed by atoms with van der Waals surface area (Å²) in [5.41, 5.74) is 6.04. The average molecular weight is 373 g/mol. The van der Waals surface area contributed by atoms with Gasteiger partial charge in [0, 0.05) is 23.3 Å². The molecule has 0 spiro atoms. The molecule has 0 bridgehead atoms. The number of halogens is 3. The number of unbranched alkanes of at least 4 members (excludes halogenated alkanes) is 1. The lowest BCUT2D eigenvalue weighted by atomic mass is 10.1. The molecular formula is C12H20BrCl2N3O. The van der Waals surface area contributed by atoms with Crippen LogP contribution in [0.4, 0.5) is 0 Å². The van der Waals surface area contributed by atoms with Crippen molar-refractivity contribution < 1.29 is 4.79 Å². The fraction of sp³-hybridized carbons (Fsp3) is 0.500. The van der Waals surface area contributed by atoms with E-state index in [2.05, 4.69) is 33.2 Å². The third-order valence-corrected chi connectivity index (χ3v) is 2.95. The van der Waals surface area contributed by atoms with Crippen LogP contribution in [0.2, 0.25) is 0 Å². The number of nitrogens with zero attached hydrogens (tertiary/aromatic N) is 1. The molecule has 0 aliphatic rings. The van der Waals surface area contributed by atoms with Crippen molar-refractivity contribution in [3.8, 4) is 0 Å². The van der Waals surface area contributed by atoms with E-state index in [1.165, 1.54) is 0 Å². The van der Waals surface area contributed by atoms with Crippen LogP contribution >= 0.6 is 40.7 Å². The molecule has 0 saturated heterocycles. The Hall–Kier alpha value is -0.360. The first kappa shape index (κ1) is 20.9. The Bertz CT molecular complexity index is 362. The maximum atomic E-state index is 11.8. The Labute approximate surface area is 134 Å². The van der Waals surface area contributed by atoms with Gasteiger partial charge in [-0.3, -0.25) is 4.79 Å². The molecular weight excluding hydrogens is 353 g/mol. The monoisotopic (exact) mass is 371 g/mol. The zero-order chi connectivity index (χ0) is 12.7. The molecule has 110 valence electrons. The second-order valence-electron chi connectivity index (χ2n) is 3.91. The number of nitrogens with one attached hydrogen (secondary N) is 1. The van der Waals surface area contributed by atoms with Crippen molar-refractivity contribution in [3.05, 3.63) is 28.5 Å². The van der Waals surface area contributed by atoms with E-state index in [1.54, 1.807) is 18.3 Å². The van der Waals surface area contributed by atoms with Gasteiger partial charge in [-0.2, -0.15) is 0 Å². The van der Waals surface area contributed by atoms with Crippen LogP contribution in [0.5, 0.6) is 0 Å². The molecule has 1 aromatic rings. The van der Waals surface area contributed by atoms with Crippen molar-refractivity contribution in [1.82, 2.24) is 10.3 Å². The lowest BCUT2D eigenvalue weighted by Gasteiger charge is -2.15. The molecule has 0 aliphatic heterocycles. The topological polar surface area (TPSA) is 68.0 Å². The SMILES string of the molecule is CCCCC(CN)NC(=O)c1ccc(Br)cn1.Cl.Cl. The predicted octanol–water partition coefficient (Wildman–Crippen LogP) is 2.94. The van der Waals surface area contributed by atoms with Gasteiger partial charge in [0.15, 0.2) is 0 Å². The van der Waals surface area contributed by atoms with E-state index in [9.17, 15) is 4.79 Å². The molecule has 19 heavy (non-hydrogen) atoms. The van der Waals surface area contributed by atoms with Crippen molar-refractivity contribution in [2.24, 2.45) is 5.73 Å². The molecule has 1 atom stereocenters. The smallest absolute Gasteiger partial charge is 0.270 e. The van der Waals surface area contributed by atoms with Crippen LogP contribution in [0.15, 0.2) is 22.8 Å². The molecule has 1 amide bonds. The van der Waals surface area contributed by atoms with Crippen LogP contribution in [-0.4, -0.2) is 23.5 Å². The summed E-state index contributed by atoms with van der Waals surface area (Å²) in [7, 11) is 0. The maximum Gasteiger partial charge on any atom is 0.270 e. The highest BCUT2D eigenvalue weighted by Crippen LogP contribution is 2.08. The zero-order valence-corrected chi connectivity index (χ0v) is 14.0. The molecule has 1 rings (SSSR count). The van der Waals surface area contributed by atoms with Gasteiger partial charge in [0.1, 0.15) is 5.69 Å². The summed E-state index contributed by atoms with van der Waals surface area (Å²) in [6.45, 7) is 2.58. The van der Waals surface area contributed by atoms with Gasteiger partial charge >= 0.3 is 0 Å². The first-order valence-corrected chi connectivity index (χ1v) is 6.59. The quantitative estimate of drug-likeness (QED) is 0.806. The molecule has 7 heteroatoms. The van der Waals surface area contributed by atoms with Gasteiger partial charge in [0.05, 0.1) is 0 Å². The number of aromatic nitrogens is 1. The van der Waals surface area contributed by atoms with Crippen molar-refractivity contribution in [2.45, 2.75) is 32.2 Å². The number of carbonyl (C=O) groups excluding carboxylic acids is 1. The predicted molar refractivity (Wildman–Crippen MR) is 86.3 cm³/mol. The van der Waals surface area contributed by atoms with Gasteiger partial charge in [-0.05, 0) is 34.5 Å². The third kappa shape index (κ3) is 7.72. The summed E-state index contributed by atoms with van der Waals surface area (Å²) in [6, 6.07) is 3.52. The van der Waals surface area contributed by atoms with Crippen LogP contribution in [0.3, 0.4) is 0 Å². The van der Waals surface area contributed by atoms with E-state index < -0.39 is 0 Å². The highest BCUT2D eigenvalue weighted by molar-refractivity contribution is 9.10. The van der Waals surface area contributed by atoms with Crippen molar-refractivity contribution in [1.29, 1.82) is 0 Å². The Balaban J connectivity index is 0. The Morgan fingerprint density at radius 2 is 2.16 bits per heavy atom. The molecule has 0 aromatic carbocycles. The van der Waals surface area contributed by atoms with Gasteiger partial charge in [0.2, 0.25) is 0 Å². The van der Waals surface area contributed by atoms with E-state index in [0.29, 0.717) is 12.2 Å². The molecule has 4 nitrogen and oxygen atoms in total. The van der Waals surface area contributed by atoms with Gasteiger partial charge in [-0.1, -0.05) is 19.8 Å². The molecule has 0 radical (unpaired) electrons. The van der Waals surface area contributed by atoms with Crippen LogP contribution in [0.25, 0.3) is 0 Å². The maximum absolute atomic E-state index is 11.8. The number of nitrogens with two attached hydrogens (primary N) is 1. The van der Waals surface area contributed by atoms with E-state index in [0.717, 1.165) is 23.7 Å². The Kier molecular flexibility index (Phi) is 12.6. The highest BCUT2D eigenvalue weighted by atomic mass is 79.9. The summed E-state index contributed by atoms with van der Waals surface area (Å²) in [5, 5.41) is 2.90. The highest BCUT2D eigenvalue weighted by Gasteiger charge is 2.12. The lowest BCUT2D eigenvalue weighted by Crippen LogP contribution is -2.40. The van der Waals surface area contributed by atoms with Gasteiger partial charge < -0.3 is 11.1 Å². The number of rotatable bonds is 6. The number of carbonyl (C=O) groups is 1. The average Bonchev–Trinajstić information content (AvgIpc) is 2.35. The largest absolute Gasteiger partial charge is 0.347 e. The summed E-state index contributed by atoms with van der Waals surface area (Å²) in [4.78, 5) is 15.9. The number of hydrogen-bond acceptors (Lipinski definition) is 3. The Morgan fingerprint density at radius 1 is 1.47 bits per heavy atom. The molecule has 1 aromatic heterocycles. The standard InChI is InChI=1S/C12H18BrN3O.2ClH/c1-2-3-4-10(7-14)16-12(17)11-6-5-9(13)8-15-11;;/h5-6,8,10H,2-4,7,14H2,1H3,(H,16,17);2*1H. The van der Waals surface area contributed by atoms with Gasteiger partial charge in [-0.25, -0.2) is 4.98 Å². The van der Waals surface area contributed by atoms with E-state index in [-0.39, 0.29) is 36.8 Å². The van der Waals surface area contributed by atoms with Crippen LogP contribution < -0.4 is 11.1 Å². The normalized spacial score (nSPS) is 10.9. The minimum absolute atomic E-state index is 0. The summed E-state index contributed by atoms with van der Waals surface area (Å²) in [5.74, 6) is -0.163. The van der Waals surface area contributed by atoms with Crippen LogP contribution in [0.1, 0.15) is 36.7 Å². The van der Waals surface area contributed by atoms with Crippen molar-refractivity contribution >= 4 is 46.7 Å². The Morgan fingerprint density at radius 3 is 2.63 bits per heavy atom. The fourth-order valence-electron chi connectivity index (χ4n) is 1.47. The van der Waals surface area contributed by atoms with Crippen molar-refractivity contribution in [2.75, 3.05) is 6.54 Å². The van der Waals surface area contributed by atoms with Gasteiger partial charge in [0.25, 0.3) is 5.91 Å². The summed E-state index contributed by atoms with van der Waals surface area (Å²) in [6.07, 6.45) is 4.69. The van der Waals surface area contributed by atoms with E-state index >= 15 is 0 Å². The molecule has 0 aliphatic carbocycles. The summed E-state index contributed by atoms with van der Waals surface area (Å²) < 4.78 is 0.857. The minimum Gasteiger partial charge on any atom is -0.347 e. The minimum atomic E-state index is -0.163. The molecule has 1 unspecified atom stereocenters. The summed E-state index contributed by atoms with van der Waals surface area (Å²) >= 11 is 3.28. The number of pyridine rings is 1. The van der Waals surface area contributed by atoms with Crippen molar-refractivity contribution in [3.63, 3.8) is 0 Å². The first-order valence-electron chi connectivity index (χ1n) is 5.79. The van der Waals surface area contributed by atoms with Crippen LogP contribution in [-0.2, 0) is 0 Å². The molecule has 3 N–H and O–H groups in total.